The Morgan fingerprint density at radius 1 is 1.35 bits per heavy atom. The smallest absolute Gasteiger partial charge is 0.339 e. The number of ether oxygens (including phenoxy) is 1. The summed E-state index contributed by atoms with van der Waals surface area (Å²) in [4.78, 5) is 12.6. The van der Waals surface area contributed by atoms with Crippen molar-refractivity contribution in [1.82, 2.24) is 0 Å². The van der Waals surface area contributed by atoms with Gasteiger partial charge in [0.1, 0.15) is 0 Å². The van der Waals surface area contributed by atoms with Gasteiger partial charge in [0.2, 0.25) is 0 Å². The molecule has 1 rings (SSSR count). The van der Waals surface area contributed by atoms with Crippen LogP contribution in [0.1, 0.15) is 36.7 Å². The van der Waals surface area contributed by atoms with Crippen molar-refractivity contribution in [3.05, 3.63) is 28.3 Å². The zero-order valence-corrected chi connectivity index (χ0v) is 12.3. The van der Waals surface area contributed by atoms with Crippen molar-refractivity contribution in [3.63, 3.8) is 0 Å². The van der Waals surface area contributed by atoms with Crippen molar-refractivity contribution >= 4 is 29.3 Å². The first kappa shape index (κ1) is 14.4. The second kappa shape index (κ2) is 5.32. The Labute approximate surface area is 112 Å². The van der Waals surface area contributed by atoms with E-state index in [4.69, 9.17) is 16.3 Å². The van der Waals surface area contributed by atoms with Gasteiger partial charge in [-0.1, -0.05) is 32.4 Å². The van der Waals surface area contributed by atoms with Crippen LogP contribution in [0.2, 0.25) is 5.02 Å². The molecule has 0 heterocycles. The standard InChI is InChI=1S/C13H17ClO2S/c1-13(2,3)8-6-9(12(15)16-4)11(14)10(7-8)17-5/h6-7H,1-5H3. The third-order valence-corrected chi connectivity index (χ3v) is 3.81. The highest BCUT2D eigenvalue weighted by Gasteiger charge is 2.21. The van der Waals surface area contributed by atoms with Crippen molar-refractivity contribution in [3.8, 4) is 0 Å². The second-order valence-corrected chi connectivity index (χ2v) is 6.01. The number of hydrogen-bond acceptors (Lipinski definition) is 3. The number of thioether (sulfide) groups is 1. The van der Waals surface area contributed by atoms with E-state index in [2.05, 4.69) is 20.8 Å². The molecule has 0 atom stereocenters. The summed E-state index contributed by atoms with van der Waals surface area (Å²) in [6.45, 7) is 6.30. The molecule has 17 heavy (non-hydrogen) atoms. The Kier molecular flexibility index (Phi) is 4.50. The second-order valence-electron chi connectivity index (χ2n) is 4.78. The molecule has 0 saturated carbocycles. The van der Waals surface area contributed by atoms with Crippen molar-refractivity contribution in [2.75, 3.05) is 13.4 Å². The molecule has 4 heteroatoms. The van der Waals surface area contributed by atoms with E-state index in [1.165, 1.54) is 18.9 Å². The van der Waals surface area contributed by atoms with Crippen LogP contribution in [0.15, 0.2) is 17.0 Å². The highest BCUT2D eigenvalue weighted by atomic mass is 35.5. The van der Waals surface area contributed by atoms with Gasteiger partial charge in [-0.3, -0.25) is 0 Å². The van der Waals surface area contributed by atoms with Crippen LogP contribution in [0, 0.1) is 0 Å². The predicted octanol–water partition coefficient (Wildman–Crippen LogP) is 4.15. The number of esters is 1. The molecule has 0 fully saturated rings. The topological polar surface area (TPSA) is 26.3 Å². The minimum absolute atomic E-state index is 0.0299. The summed E-state index contributed by atoms with van der Waals surface area (Å²) in [7, 11) is 1.36. The van der Waals surface area contributed by atoms with Gasteiger partial charge >= 0.3 is 5.97 Å². The number of carbonyl (C=O) groups is 1. The number of methoxy groups -OCH3 is 1. The minimum Gasteiger partial charge on any atom is -0.465 e. The lowest BCUT2D eigenvalue weighted by molar-refractivity contribution is 0.0600. The number of benzene rings is 1. The molecule has 0 aliphatic heterocycles. The lowest BCUT2D eigenvalue weighted by Crippen LogP contribution is -2.13. The van der Waals surface area contributed by atoms with Crippen LogP contribution in [0.3, 0.4) is 0 Å². The fourth-order valence-corrected chi connectivity index (χ4v) is 2.39. The first-order chi connectivity index (χ1) is 7.81. The molecule has 0 amide bonds. The molecule has 0 aliphatic carbocycles. The highest BCUT2D eigenvalue weighted by molar-refractivity contribution is 7.98. The summed E-state index contributed by atoms with van der Waals surface area (Å²) in [5, 5.41) is 0.470. The molecular formula is C13H17ClO2S. The van der Waals surface area contributed by atoms with E-state index in [9.17, 15) is 4.79 Å². The SMILES string of the molecule is COC(=O)c1cc(C(C)(C)C)cc(SC)c1Cl. The normalized spacial score (nSPS) is 11.4. The molecule has 0 aliphatic rings. The number of halogens is 1. The number of rotatable bonds is 2. The van der Waals surface area contributed by atoms with Gasteiger partial charge in [0.25, 0.3) is 0 Å². The van der Waals surface area contributed by atoms with E-state index in [-0.39, 0.29) is 5.41 Å². The molecule has 0 saturated heterocycles. The lowest BCUT2D eigenvalue weighted by atomic mass is 9.86. The van der Waals surface area contributed by atoms with E-state index in [0.29, 0.717) is 10.6 Å². The Hall–Kier alpha value is -0.670. The van der Waals surface area contributed by atoms with Crippen molar-refractivity contribution in [1.29, 1.82) is 0 Å². The molecule has 0 unspecified atom stereocenters. The minimum atomic E-state index is -0.392. The van der Waals surface area contributed by atoms with E-state index in [1.807, 2.05) is 18.4 Å². The fraction of sp³-hybridized carbons (Fsp3) is 0.462. The Morgan fingerprint density at radius 2 is 1.94 bits per heavy atom. The average Bonchev–Trinajstić information content (AvgIpc) is 2.26. The van der Waals surface area contributed by atoms with Gasteiger partial charge in [-0.2, -0.15) is 0 Å². The fourth-order valence-electron chi connectivity index (χ4n) is 1.44. The molecule has 0 N–H and O–H groups in total. The largest absolute Gasteiger partial charge is 0.465 e. The van der Waals surface area contributed by atoms with Crippen LogP contribution >= 0.6 is 23.4 Å². The van der Waals surface area contributed by atoms with E-state index in [0.717, 1.165) is 10.5 Å². The maximum absolute atomic E-state index is 11.7. The van der Waals surface area contributed by atoms with Crippen LogP contribution in [-0.2, 0) is 10.2 Å². The van der Waals surface area contributed by atoms with Gasteiger partial charge in [-0.25, -0.2) is 4.79 Å². The lowest BCUT2D eigenvalue weighted by Gasteiger charge is -2.21. The van der Waals surface area contributed by atoms with Gasteiger partial charge < -0.3 is 4.74 Å². The maximum Gasteiger partial charge on any atom is 0.339 e. The summed E-state index contributed by atoms with van der Waals surface area (Å²) in [6.07, 6.45) is 1.94. The molecule has 1 aromatic carbocycles. The molecule has 0 radical (unpaired) electrons. The number of carbonyl (C=O) groups excluding carboxylic acids is 1. The first-order valence-corrected chi connectivity index (χ1v) is 6.88. The zero-order valence-electron chi connectivity index (χ0n) is 10.8. The van der Waals surface area contributed by atoms with Gasteiger partial charge in [-0.15, -0.1) is 11.8 Å². The Balaban J connectivity index is 3.44. The summed E-state index contributed by atoms with van der Waals surface area (Å²) >= 11 is 7.71. The van der Waals surface area contributed by atoms with Crippen molar-refractivity contribution < 1.29 is 9.53 Å². The summed E-state index contributed by atoms with van der Waals surface area (Å²) < 4.78 is 4.75. The predicted molar refractivity (Wildman–Crippen MR) is 73.3 cm³/mol. The summed E-state index contributed by atoms with van der Waals surface area (Å²) in [5.41, 5.74) is 1.48. The Morgan fingerprint density at radius 3 is 2.35 bits per heavy atom. The highest BCUT2D eigenvalue weighted by Crippen LogP contribution is 2.34. The molecular weight excluding hydrogens is 256 g/mol. The summed E-state index contributed by atoms with van der Waals surface area (Å²) in [6, 6.07) is 3.84. The molecule has 0 spiro atoms. The zero-order chi connectivity index (χ0) is 13.2. The van der Waals surface area contributed by atoms with Crippen molar-refractivity contribution in [2.45, 2.75) is 31.1 Å². The van der Waals surface area contributed by atoms with Gasteiger partial charge in [0.05, 0.1) is 17.7 Å². The van der Waals surface area contributed by atoms with Crippen molar-refractivity contribution in [2.24, 2.45) is 0 Å². The van der Waals surface area contributed by atoms with Gasteiger partial charge in [0, 0.05) is 4.90 Å². The van der Waals surface area contributed by atoms with Crippen LogP contribution < -0.4 is 0 Å². The molecule has 0 bridgehead atoms. The summed E-state index contributed by atoms with van der Waals surface area (Å²) in [5.74, 6) is -0.392. The monoisotopic (exact) mass is 272 g/mol. The van der Waals surface area contributed by atoms with Crippen LogP contribution in [0.25, 0.3) is 0 Å². The van der Waals surface area contributed by atoms with Crippen LogP contribution in [0.5, 0.6) is 0 Å². The quantitative estimate of drug-likeness (QED) is 0.598. The van der Waals surface area contributed by atoms with E-state index in [1.54, 1.807) is 0 Å². The first-order valence-electron chi connectivity index (χ1n) is 5.27. The van der Waals surface area contributed by atoms with Gasteiger partial charge in [-0.05, 0) is 29.4 Å². The van der Waals surface area contributed by atoms with Crippen LogP contribution in [0.4, 0.5) is 0 Å². The Bertz CT molecular complexity index is 436. The molecule has 94 valence electrons. The van der Waals surface area contributed by atoms with Gasteiger partial charge in [0.15, 0.2) is 0 Å². The van der Waals surface area contributed by atoms with Crippen LogP contribution in [-0.4, -0.2) is 19.3 Å². The average molecular weight is 273 g/mol. The molecule has 1 aromatic rings. The third kappa shape index (κ3) is 3.17. The molecule has 0 aromatic heterocycles. The maximum atomic E-state index is 11.7. The molecule has 2 nitrogen and oxygen atoms in total. The number of hydrogen-bond donors (Lipinski definition) is 0. The third-order valence-electron chi connectivity index (χ3n) is 2.53. The van der Waals surface area contributed by atoms with E-state index < -0.39 is 5.97 Å². The van der Waals surface area contributed by atoms with E-state index >= 15 is 0 Å².